The van der Waals surface area contributed by atoms with Gasteiger partial charge in [0.15, 0.2) is 5.78 Å². The molecule has 0 aliphatic carbocycles. The van der Waals surface area contributed by atoms with Gasteiger partial charge in [0.1, 0.15) is 0 Å². The van der Waals surface area contributed by atoms with Gasteiger partial charge in [0.2, 0.25) is 0 Å². The fourth-order valence-electron chi connectivity index (χ4n) is 3.55. The molecule has 1 atom stereocenters. The molecule has 0 bridgehead atoms. The van der Waals surface area contributed by atoms with Gasteiger partial charge in [-0.05, 0) is 63.9 Å². The molecule has 2 fully saturated rings. The summed E-state index contributed by atoms with van der Waals surface area (Å²) in [6.45, 7) is 5.22. The zero-order valence-electron chi connectivity index (χ0n) is 12.1. The van der Waals surface area contributed by atoms with Crippen molar-refractivity contribution in [1.29, 1.82) is 0 Å². The molecule has 0 amide bonds. The minimum absolute atomic E-state index is 0.0704. The lowest BCUT2D eigenvalue weighted by Gasteiger charge is -2.35. The average molecular weight is 273 g/mol. The summed E-state index contributed by atoms with van der Waals surface area (Å²) in [7, 11) is 0. The summed E-state index contributed by atoms with van der Waals surface area (Å²) >= 11 is 0. The summed E-state index contributed by atoms with van der Waals surface area (Å²) in [6, 6.07) is 2.57. The van der Waals surface area contributed by atoms with Crippen LogP contribution in [0, 0.1) is 6.92 Å². The van der Waals surface area contributed by atoms with Crippen molar-refractivity contribution < 1.29 is 4.79 Å². The largest absolute Gasteiger partial charge is 0.317 e. The molecular formula is C16H23N3O. The number of hydrogen-bond acceptors (Lipinski definition) is 4. The molecule has 1 aromatic rings. The molecule has 0 aromatic carbocycles. The van der Waals surface area contributed by atoms with Crippen LogP contribution in [0.1, 0.15) is 41.6 Å². The number of nitrogens with zero attached hydrogens (tertiary/aromatic N) is 2. The molecule has 3 heterocycles. The predicted molar refractivity (Wildman–Crippen MR) is 78.9 cm³/mol. The minimum Gasteiger partial charge on any atom is -0.317 e. The third-order valence-corrected chi connectivity index (χ3v) is 4.68. The van der Waals surface area contributed by atoms with Crippen LogP contribution < -0.4 is 5.32 Å². The van der Waals surface area contributed by atoms with Gasteiger partial charge < -0.3 is 5.32 Å². The first kappa shape index (κ1) is 13.7. The summed E-state index contributed by atoms with van der Waals surface area (Å²) in [5.41, 5.74) is 1.85. The number of pyridine rings is 1. The lowest BCUT2D eigenvalue weighted by molar-refractivity contribution is 0.0782. The van der Waals surface area contributed by atoms with Crippen LogP contribution in [0.2, 0.25) is 0 Å². The van der Waals surface area contributed by atoms with Crippen molar-refractivity contribution in [2.75, 3.05) is 19.6 Å². The van der Waals surface area contributed by atoms with Gasteiger partial charge in [-0.25, -0.2) is 0 Å². The van der Waals surface area contributed by atoms with Crippen LogP contribution >= 0.6 is 0 Å². The van der Waals surface area contributed by atoms with E-state index in [2.05, 4.69) is 15.2 Å². The predicted octanol–water partition coefficient (Wildman–Crippen LogP) is 1.79. The smallest absolute Gasteiger partial charge is 0.181 e. The van der Waals surface area contributed by atoms with Gasteiger partial charge in [0.25, 0.3) is 0 Å². The van der Waals surface area contributed by atoms with Gasteiger partial charge in [0.05, 0.1) is 6.04 Å². The molecule has 4 nitrogen and oxygen atoms in total. The molecule has 4 heteroatoms. The van der Waals surface area contributed by atoms with Gasteiger partial charge in [0, 0.05) is 24.0 Å². The van der Waals surface area contributed by atoms with Crippen LogP contribution in [0.4, 0.5) is 0 Å². The number of Topliss-reactive ketones (excluding diaryl/α,β-unsaturated/α-hetero) is 1. The summed E-state index contributed by atoms with van der Waals surface area (Å²) in [4.78, 5) is 19.4. The van der Waals surface area contributed by atoms with Gasteiger partial charge >= 0.3 is 0 Å². The Morgan fingerprint density at radius 2 is 2.15 bits per heavy atom. The van der Waals surface area contributed by atoms with Crippen LogP contribution in [0.5, 0.6) is 0 Å². The number of nitrogens with one attached hydrogen (secondary N) is 1. The second-order valence-electron chi connectivity index (χ2n) is 5.93. The highest BCUT2D eigenvalue weighted by molar-refractivity contribution is 6.01. The minimum atomic E-state index is 0.0704. The van der Waals surface area contributed by atoms with Crippen molar-refractivity contribution in [3.8, 4) is 0 Å². The highest BCUT2D eigenvalue weighted by atomic mass is 16.1. The number of hydrogen-bond donors (Lipinski definition) is 1. The quantitative estimate of drug-likeness (QED) is 0.853. The monoisotopic (exact) mass is 273 g/mol. The average Bonchev–Trinajstić information content (AvgIpc) is 2.97. The summed E-state index contributed by atoms with van der Waals surface area (Å²) in [5, 5.41) is 3.40. The van der Waals surface area contributed by atoms with Crippen molar-refractivity contribution in [2.24, 2.45) is 0 Å². The van der Waals surface area contributed by atoms with Crippen molar-refractivity contribution in [3.63, 3.8) is 0 Å². The molecule has 20 heavy (non-hydrogen) atoms. The lowest BCUT2D eigenvalue weighted by atomic mass is 9.97. The molecule has 1 unspecified atom stereocenters. The standard InChI is InChI=1S/C16H23N3O/c1-12-4-7-18-11-14(12)16(20)15-3-2-10-19(15)13-5-8-17-9-6-13/h4,7,11,13,15,17H,2-3,5-6,8-10H2,1H3. The molecule has 2 saturated heterocycles. The van der Waals surface area contributed by atoms with E-state index in [1.54, 1.807) is 12.4 Å². The van der Waals surface area contributed by atoms with Gasteiger partial charge in [-0.2, -0.15) is 0 Å². The van der Waals surface area contributed by atoms with E-state index < -0.39 is 0 Å². The maximum Gasteiger partial charge on any atom is 0.181 e. The van der Waals surface area contributed by atoms with Crippen molar-refractivity contribution in [1.82, 2.24) is 15.2 Å². The molecular weight excluding hydrogens is 250 g/mol. The molecule has 108 valence electrons. The van der Waals surface area contributed by atoms with Crippen LogP contribution in [0.25, 0.3) is 0 Å². The van der Waals surface area contributed by atoms with Crippen LogP contribution in [0.15, 0.2) is 18.5 Å². The first-order valence-electron chi connectivity index (χ1n) is 7.68. The number of aromatic nitrogens is 1. The Balaban J connectivity index is 1.78. The zero-order valence-corrected chi connectivity index (χ0v) is 12.1. The SMILES string of the molecule is Cc1ccncc1C(=O)C1CCCN1C1CCNCC1. The van der Waals surface area contributed by atoms with Crippen LogP contribution in [-0.2, 0) is 0 Å². The maximum atomic E-state index is 12.8. The first-order valence-corrected chi connectivity index (χ1v) is 7.68. The van der Waals surface area contributed by atoms with E-state index in [0.29, 0.717) is 6.04 Å². The number of carbonyl (C=O) groups is 1. The summed E-state index contributed by atoms with van der Waals surface area (Å²) in [5.74, 6) is 0.270. The van der Waals surface area contributed by atoms with E-state index in [4.69, 9.17) is 0 Å². The fourth-order valence-corrected chi connectivity index (χ4v) is 3.55. The van der Waals surface area contributed by atoms with Gasteiger partial charge in [-0.1, -0.05) is 0 Å². The molecule has 1 N–H and O–H groups in total. The number of aryl methyl sites for hydroxylation is 1. The van der Waals surface area contributed by atoms with Gasteiger partial charge in [-0.3, -0.25) is 14.7 Å². The van der Waals surface area contributed by atoms with E-state index >= 15 is 0 Å². The summed E-state index contributed by atoms with van der Waals surface area (Å²) in [6.07, 6.45) is 7.95. The van der Waals surface area contributed by atoms with Crippen LogP contribution in [0.3, 0.4) is 0 Å². The zero-order chi connectivity index (χ0) is 13.9. The van der Waals surface area contributed by atoms with E-state index in [9.17, 15) is 4.79 Å². The number of piperidine rings is 1. The highest BCUT2D eigenvalue weighted by Gasteiger charge is 2.36. The summed E-state index contributed by atoms with van der Waals surface area (Å²) < 4.78 is 0. The third kappa shape index (κ3) is 2.63. The number of carbonyl (C=O) groups excluding carboxylic acids is 1. The lowest BCUT2D eigenvalue weighted by Crippen LogP contribution is -2.48. The molecule has 0 radical (unpaired) electrons. The van der Waals surface area contributed by atoms with Crippen molar-refractivity contribution in [3.05, 3.63) is 29.6 Å². The van der Waals surface area contributed by atoms with Gasteiger partial charge in [-0.15, -0.1) is 0 Å². The number of likely N-dealkylation sites (tertiary alicyclic amines) is 1. The van der Waals surface area contributed by atoms with E-state index in [0.717, 1.165) is 56.4 Å². The van der Waals surface area contributed by atoms with Crippen molar-refractivity contribution in [2.45, 2.75) is 44.7 Å². The molecule has 0 saturated carbocycles. The second kappa shape index (κ2) is 6.02. The van der Waals surface area contributed by atoms with E-state index in [1.807, 2.05) is 13.0 Å². The van der Waals surface area contributed by atoms with E-state index in [-0.39, 0.29) is 11.8 Å². The van der Waals surface area contributed by atoms with Crippen molar-refractivity contribution >= 4 is 5.78 Å². The molecule has 2 aliphatic heterocycles. The number of ketones is 1. The Morgan fingerprint density at radius 3 is 2.90 bits per heavy atom. The van der Waals surface area contributed by atoms with E-state index in [1.165, 1.54) is 0 Å². The number of rotatable bonds is 3. The first-order chi connectivity index (χ1) is 9.77. The third-order valence-electron chi connectivity index (χ3n) is 4.68. The molecule has 0 spiro atoms. The molecule has 2 aliphatic rings. The fraction of sp³-hybridized carbons (Fsp3) is 0.625. The topological polar surface area (TPSA) is 45.2 Å². The molecule has 3 rings (SSSR count). The normalized spacial score (nSPS) is 24.9. The highest BCUT2D eigenvalue weighted by Crippen LogP contribution is 2.27. The molecule has 1 aromatic heterocycles. The Labute approximate surface area is 120 Å². The second-order valence-corrected chi connectivity index (χ2v) is 5.93. The Morgan fingerprint density at radius 1 is 1.35 bits per heavy atom. The Hall–Kier alpha value is -1.26. The maximum absolute atomic E-state index is 12.8. The Bertz CT molecular complexity index is 482. The Kier molecular flexibility index (Phi) is 4.13. The van der Waals surface area contributed by atoms with Crippen LogP contribution in [-0.4, -0.2) is 47.4 Å².